The highest BCUT2D eigenvalue weighted by Gasteiger charge is 2.32. The van der Waals surface area contributed by atoms with Crippen LogP contribution < -0.4 is 15.0 Å². The Balaban J connectivity index is 1.46. The molecular weight excluding hydrogens is 462 g/mol. The third-order valence-corrected chi connectivity index (χ3v) is 5.89. The van der Waals surface area contributed by atoms with Gasteiger partial charge in [-0.25, -0.2) is 9.78 Å². The van der Waals surface area contributed by atoms with E-state index in [0.29, 0.717) is 42.4 Å². The fourth-order valence-electron chi connectivity index (χ4n) is 4.26. The van der Waals surface area contributed by atoms with Crippen LogP contribution in [0.2, 0.25) is 0 Å². The summed E-state index contributed by atoms with van der Waals surface area (Å²) >= 11 is 0. The fourth-order valence-corrected chi connectivity index (χ4v) is 4.26. The van der Waals surface area contributed by atoms with Gasteiger partial charge in [-0.05, 0) is 53.2 Å². The Kier molecular flexibility index (Phi) is 6.75. The van der Waals surface area contributed by atoms with Crippen LogP contribution in [0.5, 0.6) is 5.75 Å². The van der Waals surface area contributed by atoms with Crippen molar-refractivity contribution in [3.8, 4) is 5.75 Å². The van der Waals surface area contributed by atoms with E-state index in [1.165, 1.54) is 7.11 Å². The first kappa shape index (κ1) is 25.2. The van der Waals surface area contributed by atoms with Crippen molar-refractivity contribution in [2.24, 2.45) is 0 Å². The number of aryl methyl sites for hydroxylation is 2. The number of fused-ring (bicyclic) bond motifs is 1. The first-order chi connectivity index (χ1) is 16.9. The van der Waals surface area contributed by atoms with Crippen molar-refractivity contribution < 1.29 is 19.1 Å². The van der Waals surface area contributed by atoms with E-state index in [-0.39, 0.29) is 18.0 Å². The SMILES string of the molecule is COc1cc2nc(C)cn2cc1C(=O)Nc1cc(C)c(N2CCN(C(=O)OC(C)(C)C)[C@@H](C)C2)nn1. The van der Waals surface area contributed by atoms with Gasteiger partial charge in [-0.15, -0.1) is 10.2 Å². The first-order valence-electron chi connectivity index (χ1n) is 11.9. The minimum atomic E-state index is -0.538. The van der Waals surface area contributed by atoms with Crippen LogP contribution in [-0.4, -0.2) is 74.9 Å². The number of hydrogen-bond donors (Lipinski definition) is 1. The quantitative estimate of drug-likeness (QED) is 0.585. The van der Waals surface area contributed by atoms with E-state index in [4.69, 9.17) is 9.47 Å². The second-order valence-electron chi connectivity index (χ2n) is 10.1. The molecule has 1 aliphatic heterocycles. The van der Waals surface area contributed by atoms with Crippen LogP contribution in [-0.2, 0) is 4.74 Å². The third-order valence-electron chi connectivity index (χ3n) is 5.89. The number of rotatable bonds is 4. The number of hydrogen-bond acceptors (Lipinski definition) is 8. The first-order valence-corrected chi connectivity index (χ1v) is 11.9. The molecule has 1 aliphatic rings. The number of nitrogens with one attached hydrogen (secondary N) is 1. The molecule has 1 atom stereocenters. The normalized spacial score (nSPS) is 16.2. The van der Waals surface area contributed by atoms with E-state index in [1.54, 1.807) is 27.6 Å². The predicted molar refractivity (Wildman–Crippen MR) is 136 cm³/mol. The van der Waals surface area contributed by atoms with Gasteiger partial charge in [0.05, 0.1) is 18.4 Å². The summed E-state index contributed by atoms with van der Waals surface area (Å²) in [5.41, 5.74) is 2.22. The van der Waals surface area contributed by atoms with Gasteiger partial charge < -0.3 is 29.0 Å². The standard InChI is InChI=1S/C25H33N7O4/c1-15-10-20(27-23(33)18-14-31-12-16(2)26-21(31)11-19(18)35-7)28-29-22(15)30-8-9-32(17(3)13-30)24(34)36-25(4,5)6/h10-12,14,17H,8-9,13H2,1-7H3,(H,27,28,33)/t17-/m0/s1. The molecule has 0 aromatic carbocycles. The van der Waals surface area contributed by atoms with E-state index < -0.39 is 5.60 Å². The summed E-state index contributed by atoms with van der Waals surface area (Å²) in [6, 6.07) is 3.46. The van der Waals surface area contributed by atoms with Crippen molar-refractivity contribution in [1.82, 2.24) is 24.5 Å². The van der Waals surface area contributed by atoms with Crippen LogP contribution in [0, 0.1) is 13.8 Å². The van der Waals surface area contributed by atoms with Crippen LogP contribution in [0.4, 0.5) is 16.4 Å². The van der Waals surface area contributed by atoms with Gasteiger partial charge in [-0.3, -0.25) is 4.79 Å². The topological polar surface area (TPSA) is 114 Å². The Bertz CT molecular complexity index is 1300. The predicted octanol–water partition coefficient (Wildman–Crippen LogP) is 3.45. The number of ether oxygens (including phenoxy) is 2. The monoisotopic (exact) mass is 495 g/mol. The molecule has 0 bridgehead atoms. The summed E-state index contributed by atoms with van der Waals surface area (Å²) in [5, 5.41) is 11.4. The molecular formula is C25H33N7O4. The van der Waals surface area contributed by atoms with Crippen molar-refractivity contribution in [2.45, 2.75) is 53.2 Å². The molecule has 2 amide bonds. The lowest BCUT2D eigenvalue weighted by atomic mass is 10.1. The molecule has 4 rings (SSSR count). The fraction of sp³-hybridized carbons (Fsp3) is 0.480. The maximum absolute atomic E-state index is 13.0. The maximum atomic E-state index is 13.0. The number of piperazine rings is 1. The van der Waals surface area contributed by atoms with Crippen LogP contribution in [0.1, 0.15) is 49.3 Å². The van der Waals surface area contributed by atoms with Crippen molar-refractivity contribution in [2.75, 3.05) is 37.0 Å². The number of methoxy groups -OCH3 is 1. The largest absolute Gasteiger partial charge is 0.496 e. The number of carbonyl (C=O) groups is 2. The molecule has 0 aliphatic carbocycles. The van der Waals surface area contributed by atoms with Gasteiger partial charge in [-0.2, -0.15) is 0 Å². The number of amides is 2. The van der Waals surface area contributed by atoms with Gasteiger partial charge in [0.2, 0.25) is 0 Å². The molecule has 3 aromatic rings. The second-order valence-corrected chi connectivity index (χ2v) is 10.1. The van der Waals surface area contributed by atoms with Crippen molar-refractivity contribution in [3.05, 3.63) is 41.3 Å². The number of carbonyl (C=O) groups excluding carboxylic acids is 2. The Morgan fingerprint density at radius 2 is 1.86 bits per heavy atom. The van der Waals surface area contributed by atoms with E-state index in [2.05, 4.69) is 25.4 Å². The van der Waals surface area contributed by atoms with E-state index in [0.717, 1.165) is 17.1 Å². The average Bonchev–Trinajstić information content (AvgIpc) is 3.15. The summed E-state index contributed by atoms with van der Waals surface area (Å²) in [5.74, 6) is 1.12. The minimum Gasteiger partial charge on any atom is -0.496 e. The van der Waals surface area contributed by atoms with Crippen LogP contribution in [0.25, 0.3) is 5.65 Å². The Hall–Kier alpha value is -3.89. The lowest BCUT2D eigenvalue weighted by molar-refractivity contribution is 0.0158. The highest BCUT2D eigenvalue weighted by molar-refractivity contribution is 6.05. The van der Waals surface area contributed by atoms with Gasteiger partial charge in [0, 0.05) is 44.1 Å². The molecule has 0 saturated carbocycles. The molecule has 1 N–H and O–H groups in total. The molecule has 0 spiro atoms. The lowest BCUT2D eigenvalue weighted by Gasteiger charge is -2.40. The minimum absolute atomic E-state index is 0.0524. The number of imidazole rings is 1. The zero-order valence-corrected chi connectivity index (χ0v) is 21.8. The Morgan fingerprint density at radius 3 is 2.50 bits per heavy atom. The summed E-state index contributed by atoms with van der Waals surface area (Å²) in [6.45, 7) is 13.1. The molecule has 11 heteroatoms. The molecule has 0 unspecified atom stereocenters. The zero-order valence-electron chi connectivity index (χ0n) is 21.8. The van der Waals surface area contributed by atoms with Crippen LogP contribution >= 0.6 is 0 Å². The van der Waals surface area contributed by atoms with Gasteiger partial charge in [0.15, 0.2) is 11.6 Å². The second kappa shape index (κ2) is 9.63. The molecule has 192 valence electrons. The molecule has 1 fully saturated rings. The molecule has 11 nitrogen and oxygen atoms in total. The van der Waals surface area contributed by atoms with E-state index >= 15 is 0 Å². The van der Waals surface area contributed by atoms with Crippen molar-refractivity contribution in [3.63, 3.8) is 0 Å². The third kappa shape index (κ3) is 5.34. The maximum Gasteiger partial charge on any atom is 0.410 e. The van der Waals surface area contributed by atoms with Gasteiger partial charge in [-0.1, -0.05) is 0 Å². The Labute approximate surface area is 210 Å². The lowest BCUT2D eigenvalue weighted by Crippen LogP contribution is -2.55. The number of pyridine rings is 1. The summed E-state index contributed by atoms with van der Waals surface area (Å²) in [6.07, 6.45) is 3.22. The molecule has 0 radical (unpaired) electrons. The molecule has 4 heterocycles. The zero-order chi connectivity index (χ0) is 26.2. The molecule has 36 heavy (non-hydrogen) atoms. The van der Waals surface area contributed by atoms with Crippen LogP contribution in [0.15, 0.2) is 24.5 Å². The summed E-state index contributed by atoms with van der Waals surface area (Å²) in [4.78, 5) is 33.8. The van der Waals surface area contributed by atoms with Gasteiger partial charge in [0.25, 0.3) is 5.91 Å². The summed E-state index contributed by atoms with van der Waals surface area (Å²) < 4.78 is 12.7. The highest BCUT2D eigenvalue weighted by atomic mass is 16.6. The highest BCUT2D eigenvalue weighted by Crippen LogP contribution is 2.25. The van der Waals surface area contributed by atoms with Crippen LogP contribution in [0.3, 0.4) is 0 Å². The van der Waals surface area contributed by atoms with Crippen molar-refractivity contribution >= 4 is 29.3 Å². The van der Waals surface area contributed by atoms with Gasteiger partial charge >= 0.3 is 6.09 Å². The number of anilines is 2. The molecule has 1 saturated heterocycles. The number of aromatic nitrogens is 4. The molecule has 3 aromatic heterocycles. The van der Waals surface area contributed by atoms with E-state index in [9.17, 15) is 9.59 Å². The van der Waals surface area contributed by atoms with E-state index in [1.807, 2.05) is 47.7 Å². The average molecular weight is 496 g/mol. The smallest absolute Gasteiger partial charge is 0.410 e. The summed E-state index contributed by atoms with van der Waals surface area (Å²) in [7, 11) is 1.51. The Morgan fingerprint density at radius 1 is 1.11 bits per heavy atom. The number of nitrogens with zero attached hydrogens (tertiary/aromatic N) is 6. The van der Waals surface area contributed by atoms with Crippen molar-refractivity contribution in [1.29, 1.82) is 0 Å². The van der Waals surface area contributed by atoms with Gasteiger partial charge in [0.1, 0.15) is 17.0 Å².